The van der Waals surface area contributed by atoms with E-state index in [-0.39, 0.29) is 24.6 Å². The zero-order chi connectivity index (χ0) is 18.4. The molecule has 1 atom stereocenters. The molecule has 2 N–H and O–H groups in total. The van der Waals surface area contributed by atoms with Crippen LogP contribution in [0.1, 0.15) is 23.6 Å². The third-order valence-corrected chi connectivity index (χ3v) is 3.62. The summed E-state index contributed by atoms with van der Waals surface area (Å²) < 4.78 is 40.2. The van der Waals surface area contributed by atoms with Gasteiger partial charge in [-0.25, -0.2) is 0 Å². The van der Waals surface area contributed by atoms with Gasteiger partial charge in [0.05, 0.1) is 0 Å². The van der Waals surface area contributed by atoms with E-state index < -0.39 is 12.4 Å². The average Bonchev–Trinajstić information content (AvgIpc) is 2.56. The fourth-order valence-corrected chi connectivity index (χ4v) is 2.32. The van der Waals surface area contributed by atoms with E-state index in [1.165, 1.54) is 29.2 Å². The number of nitrogens with two attached hydrogens (primary N) is 1. The van der Waals surface area contributed by atoms with Crippen molar-refractivity contribution >= 4 is 5.91 Å². The molecular weight excluding hydrogens is 333 g/mol. The predicted octanol–water partition coefficient (Wildman–Crippen LogP) is 3.63. The van der Waals surface area contributed by atoms with Gasteiger partial charge in [-0.15, -0.1) is 13.2 Å². The van der Waals surface area contributed by atoms with Crippen molar-refractivity contribution in [3.63, 3.8) is 0 Å². The number of hydrogen-bond acceptors (Lipinski definition) is 3. The maximum atomic E-state index is 12.3. The summed E-state index contributed by atoms with van der Waals surface area (Å²) in [4.78, 5) is 13.7. The van der Waals surface area contributed by atoms with E-state index in [1.54, 1.807) is 7.05 Å². The van der Waals surface area contributed by atoms with Crippen LogP contribution in [0.25, 0.3) is 0 Å². The lowest BCUT2D eigenvalue weighted by atomic mass is 10.0. The van der Waals surface area contributed by atoms with Gasteiger partial charge in [-0.05, 0) is 23.3 Å². The van der Waals surface area contributed by atoms with Crippen LogP contribution in [0.4, 0.5) is 13.2 Å². The second kappa shape index (κ2) is 8.02. The van der Waals surface area contributed by atoms with E-state index in [9.17, 15) is 18.0 Å². The molecule has 0 fully saturated rings. The number of alkyl halides is 3. The highest BCUT2D eigenvalue weighted by molar-refractivity contribution is 5.76. The Kier molecular flexibility index (Phi) is 6.03. The molecule has 0 radical (unpaired) electrons. The summed E-state index contributed by atoms with van der Waals surface area (Å²) in [6.07, 6.45) is -4.57. The van der Waals surface area contributed by atoms with Gasteiger partial charge in [-0.1, -0.05) is 42.5 Å². The minimum absolute atomic E-state index is 0.146. The molecule has 0 saturated heterocycles. The second-order valence-corrected chi connectivity index (χ2v) is 5.66. The summed E-state index contributed by atoms with van der Waals surface area (Å²) in [5.74, 6) is -0.441. The molecule has 2 rings (SSSR count). The van der Waals surface area contributed by atoms with Gasteiger partial charge in [-0.2, -0.15) is 0 Å². The maximum absolute atomic E-state index is 12.3. The van der Waals surface area contributed by atoms with Crippen LogP contribution in [0, 0.1) is 0 Å². The minimum atomic E-state index is -4.72. The fraction of sp³-hybridized carbons (Fsp3) is 0.278. The Morgan fingerprint density at radius 2 is 1.72 bits per heavy atom. The number of rotatable bonds is 6. The summed E-state index contributed by atoms with van der Waals surface area (Å²) in [5.41, 5.74) is 7.60. The standard InChI is InChI=1S/C18H19F3N2O2/c1-23(17(24)11-16(22)14-5-3-2-4-6-14)12-13-7-9-15(10-8-13)25-18(19,20)21/h2-10,16H,11-12,22H2,1H3. The molecule has 2 aromatic rings. The van der Waals surface area contributed by atoms with Crippen molar-refractivity contribution in [3.05, 3.63) is 65.7 Å². The molecule has 25 heavy (non-hydrogen) atoms. The Bertz CT molecular complexity index is 688. The van der Waals surface area contributed by atoms with Crippen LogP contribution in [0.3, 0.4) is 0 Å². The first-order chi connectivity index (χ1) is 11.7. The Hall–Kier alpha value is -2.54. The summed E-state index contributed by atoms with van der Waals surface area (Å²) in [7, 11) is 1.63. The van der Waals surface area contributed by atoms with Crippen LogP contribution in [0.15, 0.2) is 54.6 Å². The molecular formula is C18H19F3N2O2. The first-order valence-electron chi connectivity index (χ1n) is 7.64. The molecule has 4 nitrogen and oxygen atoms in total. The van der Waals surface area contributed by atoms with Crippen LogP contribution in [-0.2, 0) is 11.3 Å². The first-order valence-corrected chi connectivity index (χ1v) is 7.64. The molecule has 0 saturated carbocycles. The third kappa shape index (κ3) is 6.11. The van der Waals surface area contributed by atoms with Crippen LogP contribution in [0.2, 0.25) is 0 Å². The maximum Gasteiger partial charge on any atom is 0.573 e. The molecule has 0 aromatic heterocycles. The first kappa shape index (κ1) is 18.8. The SMILES string of the molecule is CN(Cc1ccc(OC(F)(F)F)cc1)C(=O)CC(N)c1ccccc1. The molecule has 0 heterocycles. The minimum Gasteiger partial charge on any atom is -0.406 e. The van der Waals surface area contributed by atoms with E-state index in [4.69, 9.17) is 5.73 Å². The third-order valence-electron chi connectivity index (χ3n) is 3.62. The Balaban J connectivity index is 1.90. The highest BCUT2D eigenvalue weighted by Gasteiger charge is 2.30. The summed E-state index contributed by atoms with van der Waals surface area (Å²) in [6, 6.07) is 14.3. The largest absolute Gasteiger partial charge is 0.573 e. The number of hydrogen-bond donors (Lipinski definition) is 1. The van der Waals surface area contributed by atoms with Crippen LogP contribution in [-0.4, -0.2) is 24.2 Å². The summed E-state index contributed by atoms with van der Waals surface area (Å²) >= 11 is 0. The van der Waals surface area contributed by atoms with Gasteiger partial charge >= 0.3 is 6.36 Å². The van der Waals surface area contributed by atoms with Gasteiger partial charge < -0.3 is 15.4 Å². The van der Waals surface area contributed by atoms with Crippen LogP contribution < -0.4 is 10.5 Å². The molecule has 1 amide bonds. The summed E-state index contributed by atoms with van der Waals surface area (Å²) in [5, 5.41) is 0. The molecule has 0 bridgehead atoms. The van der Waals surface area contributed by atoms with Crippen molar-refractivity contribution in [2.45, 2.75) is 25.4 Å². The Morgan fingerprint density at radius 1 is 1.12 bits per heavy atom. The van der Waals surface area contributed by atoms with Crippen molar-refractivity contribution in [1.29, 1.82) is 0 Å². The van der Waals surface area contributed by atoms with E-state index in [0.717, 1.165) is 5.56 Å². The topological polar surface area (TPSA) is 55.6 Å². The van der Waals surface area contributed by atoms with Gasteiger partial charge in [0.25, 0.3) is 0 Å². The van der Waals surface area contributed by atoms with E-state index in [0.29, 0.717) is 5.56 Å². The van der Waals surface area contributed by atoms with Crippen molar-refractivity contribution in [3.8, 4) is 5.75 Å². The number of carbonyl (C=O) groups excluding carboxylic acids is 1. The average molecular weight is 352 g/mol. The Morgan fingerprint density at radius 3 is 2.28 bits per heavy atom. The monoisotopic (exact) mass is 352 g/mol. The molecule has 0 aliphatic heterocycles. The summed E-state index contributed by atoms with van der Waals surface area (Å²) in [6.45, 7) is 0.270. The lowest BCUT2D eigenvalue weighted by Crippen LogP contribution is -2.29. The van der Waals surface area contributed by atoms with E-state index >= 15 is 0 Å². The number of nitrogens with zero attached hydrogens (tertiary/aromatic N) is 1. The molecule has 134 valence electrons. The highest BCUT2D eigenvalue weighted by atomic mass is 19.4. The van der Waals surface area contributed by atoms with Gasteiger partial charge in [0.2, 0.25) is 5.91 Å². The fourth-order valence-electron chi connectivity index (χ4n) is 2.32. The smallest absolute Gasteiger partial charge is 0.406 e. The number of ether oxygens (including phenoxy) is 1. The number of carbonyl (C=O) groups is 1. The molecule has 0 spiro atoms. The van der Waals surface area contributed by atoms with Gasteiger partial charge in [-0.3, -0.25) is 4.79 Å². The quantitative estimate of drug-likeness (QED) is 0.864. The lowest BCUT2D eigenvalue weighted by Gasteiger charge is -2.20. The number of benzene rings is 2. The molecule has 7 heteroatoms. The van der Waals surface area contributed by atoms with Crippen molar-refractivity contribution < 1.29 is 22.7 Å². The van der Waals surface area contributed by atoms with Crippen LogP contribution >= 0.6 is 0 Å². The normalized spacial score (nSPS) is 12.5. The molecule has 2 aromatic carbocycles. The van der Waals surface area contributed by atoms with Crippen molar-refractivity contribution in [1.82, 2.24) is 4.90 Å². The number of halogens is 3. The van der Waals surface area contributed by atoms with Gasteiger partial charge in [0, 0.05) is 26.1 Å². The molecule has 0 aliphatic carbocycles. The van der Waals surface area contributed by atoms with E-state index in [1.807, 2.05) is 30.3 Å². The lowest BCUT2D eigenvalue weighted by molar-refractivity contribution is -0.274. The van der Waals surface area contributed by atoms with Crippen molar-refractivity contribution in [2.24, 2.45) is 5.73 Å². The predicted molar refractivity (Wildman–Crippen MR) is 87.6 cm³/mol. The Labute approximate surface area is 144 Å². The van der Waals surface area contributed by atoms with Crippen LogP contribution in [0.5, 0.6) is 5.75 Å². The van der Waals surface area contributed by atoms with Crippen molar-refractivity contribution in [2.75, 3.05) is 7.05 Å². The zero-order valence-corrected chi connectivity index (χ0v) is 13.7. The molecule has 1 unspecified atom stereocenters. The van der Waals surface area contributed by atoms with Gasteiger partial charge in [0.1, 0.15) is 5.75 Å². The highest BCUT2D eigenvalue weighted by Crippen LogP contribution is 2.23. The number of amides is 1. The second-order valence-electron chi connectivity index (χ2n) is 5.66. The molecule has 0 aliphatic rings. The zero-order valence-electron chi connectivity index (χ0n) is 13.7. The van der Waals surface area contributed by atoms with Gasteiger partial charge in [0.15, 0.2) is 0 Å². The van der Waals surface area contributed by atoms with E-state index in [2.05, 4.69) is 4.74 Å².